The van der Waals surface area contributed by atoms with Crippen LogP contribution in [0.3, 0.4) is 0 Å². The van der Waals surface area contributed by atoms with Crippen molar-refractivity contribution in [3.05, 3.63) is 59.5 Å². The highest BCUT2D eigenvalue weighted by molar-refractivity contribution is 5.95. The molecule has 0 unspecified atom stereocenters. The van der Waals surface area contributed by atoms with E-state index >= 15 is 0 Å². The van der Waals surface area contributed by atoms with Crippen LogP contribution in [0.15, 0.2) is 42.7 Å². The van der Waals surface area contributed by atoms with Crippen LogP contribution in [-0.2, 0) is 24.2 Å². The molecule has 6 nitrogen and oxygen atoms in total. The number of anilines is 1. The number of nitrogens with two attached hydrogens (primary N) is 1. The van der Waals surface area contributed by atoms with E-state index in [0.29, 0.717) is 18.7 Å². The van der Waals surface area contributed by atoms with E-state index in [1.165, 1.54) is 0 Å². The normalized spacial score (nSPS) is 10.5. The first-order valence-corrected chi connectivity index (χ1v) is 7.60. The fourth-order valence-electron chi connectivity index (χ4n) is 2.63. The second-order valence-corrected chi connectivity index (χ2v) is 5.49. The molecule has 0 aliphatic rings. The van der Waals surface area contributed by atoms with Gasteiger partial charge < -0.3 is 16.0 Å². The van der Waals surface area contributed by atoms with E-state index in [1.54, 1.807) is 12.3 Å². The Labute approximate surface area is 139 Å². The minimum absolute atomic E-state index is 0.110. The van der Waals surface area contributed by atoms with Gasteiger partial charge in [0.05, 0.1) is 24.6 Å². The Kier molecular flexibility index (Phi) is 4.54. The zero-order valence-electron chi connectivity index (χ0n) is 13.0. The third-order valence-corrected chi connectivity index (χ3v) is 3.78. The van der Waals surface area contributed by atoms with Gasteiger partial charge in [-0.05, 0) is 41.5 Å². The first-order valence-electron chi connectivity index (χ1n) is 7.60. The molecule has 0 saturated carbocycles. The lowest BCUT2D eigenvalue weighted by atomic mass is 10.1. The average molecular weight is 319 g/mol. The molecule has 0 bridgehead atoms. The largest absolute Gasteiger partial charge is 0.361 e. The van der Waals surface area contributed by atoms with Crippen LogP contribution in [0.1, 0.15) is 16.8 Å². The molecule has 1 aromatic carbocycles. The van der Waals surface area contributed by atoms with Gasteiger partial charge in [0.25, 0.3) is 0 Å². The van der Waals surface area contributed by atoms with Gasteiger partial charge in [-0.3, -0.25) is 9.78 Å². The number of nitrogens with one attached hydrogen (secondary N) is 2. The van der Waals surface area contributed by atoms with Crippen molar-refractivity contribution in [2.45, 2.75) is 19.4 Å². The molecule has 4 N–H and O–H groups in total. The first kappa shape index (κ1) is 15.7. The van der Waals surface area contributed by atoms with E-state index in [-0.39, 0.29) is 12.3 Å². The van der Waals surface area contributed by atoms with Gasteiger partial charge in [-0.2, -0.15) is 5.26 Å². The van der Waals surface area contributed by atoms with Gasteiger partial charge >= 0.3 is 0 Å². The zero-order chi connectivity index (χ0) is 16.9. The fourth-order valence-corrected chi connectivity index (χ4v) is 2.63. The molecule has 0 aliphatic carbocycles. The van der Waals surface area contributed by atoms with E-state index in [1.807, 2.05) is 30.5 Å². The molecule has 120 valence electrons. The Morgan fingerprint density at radius 1 is 1.33 bits per heavy atom. The summed E-state index contributed by atoms with van der Waals surface area (Å²) in [6, 6.07) is 11.4. The standard InChI is InChI=1S/C18H17N5O/c19-5-3-13-11-22-17-2-1-14(9-16(13)17)23-18(24)8-12-4-6-21-15(7-12)10-20/h1-2,4,6-7,9,11,22H,3,8,10,20H2,(H,23,24). The predicted octanol–water partition coefficient (Wildman–Crippen LogP) is 2.27. The monoisotopic (exact) mass is 319 g/mol. The number of aromatic amines is 1. The molecule has 24 heavy (non-hydrogen) atoms. The van der Waals surface area contributed by atoms with Crippen molar-refractivity contribution in [1.82, 2.24) is 9.97 Å². The number of fused-ring (bicyclic) bond motifs is 1. The lowest BCUT2D eigenvalue weighted by Crippen LogP contribution is -2.14. The predicted molar refractivity (Wildman–Crippen MR) is 92.1 cm³/mol. The molecule has 0 spiro atoms. The molecule has 2 aromatic heterocycles. The molecule has 0 atom stereocenters. The highest BCUT2D eigenvalue weighted by Gasteiger charge is 2.08. The summed E-state index contributed by atoms with van der Waals surface area (Å²) < 4.78 is 0. The van der Waals surface area contributed by atoms with Gasteiger partial charge in [0.2, 0.25) is 5.91 Å². The van der Waals surface area contributed by atoms with Gasteiger partial charge in [0.1, 0.15) is 0 Å². The van der Waals surface area contributed by atoms with Crippen molar-refractivity contribution in [3.8, 4) is 6.07 Å². The van der Waals surface area contributed by atoms with E-state index in [0.717, 1.165) is 27.7 Å². The molecule has 6 heteroatoms. The van der Waals surface area contributed by atoms with Crippen molar-refractivity contribution >= 4 is 22.5 Å². The molecule has 2 heterocycles. The molecular weight excluding hydrogens is 302 g/mol. The Morgan fingerprint density at radius 3 is 3.00 bits per heavy atom. The summed E-state index contributed by atoms with van der Waals surface area (Å²) in [5.41, 5.74) is 9.77. The number of carbonyl (C=O) groups is 1. The van der Waals surface area contributed by atoms with Crippen molar-refractivity contribution < 1.29 is 4.79 Å². The zero-order valence-corrected chi connectivity index (χ0v) is 13.0. The number of pyridine rings is 1. The summed E-state index contributed by atoms with van der Waals surface area (Å²) in [6.07, 6.45) is 4.07. The summed E-state index contributed by atoms with van der Waals surface area (Å²) in [6.45, 7) is 0.348. The number of nitrogens with zero attached hydrogens (tertiary/aromatic N) is 2. The summed E-state index contributed by atoms with van der Waals surface area (Å²) >= 11 is 0. The maximum Gasteiger partial charge on any atom is 0.228 e. The number of amides is 1. The molecule has 3 aromatic rings. The van der Waals surface area contributed by atoms with Gasteiger partial charge in [-0.15, -0.1) is 0 Å². The maximum absolute atomic E-state index is 12.2. The number of H-pyrrole nitrogens is 1. The van der Waals surface area contributed by atoms with Crippen LogP contribution in [0.25, 0.3) is 10.9 Å². The van der Waals surface area contributed by atoms with Gasteiger partial charge in [-0.1, -0.05) is 0 Å². The van der Waals surface area contributed by atoms with E-state index < -0.39 is 0 Å². The second-order valence-electron chi connectivity index (χ2n) is 5.49. The fraction of sp³-hybridized carbons (Fsp3) is 0.167. The summed E-state index contributed by atoms with van der Waals surface area (Å²) in [4.78, 5) is 19.5. The molecule has 0 saturated heterocycles. The number of benzene rings is 1. The summed E-state index contributed by atoms with van der Waals surface area (Å²) in [7, 11) is 0. The lowest BCUT2D eigenvalue weighted by Gasteiger charge is -2.07. The van der Waals surface area contributed by atoms with Crippen LogP contribution >= 0.6 is 0 Å². The van der Waals surface area contributed by atoms with E-state index in [9.17, 15) is 4.79 Å². The molecule has 3 rings (SSSR count). The third kappa shape index (κ3) is 3.42. The van der Waals surface area contributed by atoms with Crippen molar-refractivity contribution in [2.24, 2.45) is 5.73 Å². The van der Waals surface area contributed by atoms with Crippen molar-refractivity contribution in [2.75, 3.05) is 5.32 Å². The maximum atomic E-state index is 12.2. The van der Waals surface area contributed by atoms with Crippen LogP contribution in [0.5, 0.6) is 0 Å². The number of nitriles is 1. The topological polar surface area (TPSA) is 108 Å². The minimum Gasteiger partial charge on any atom is -0.361 e. The number of hydrogen-bond donors (Lipinski definition) is 3. The van der Waals surface area contributed by atoms with Gasteiger partial charge in [-0.25, -0.2) is 0 Å². The van der Waals surface area contributed by atoms with E-state index in [2.05, 4.69) is 21.4 Å². The highest BCUT2D eigenvalue weighted by Crippen LogP contribution is 2.23. The van der Waals surface area contributed by atoms with E-state index in [4.69, 9.17) is 11.0 Å². The second kappa shape index (κ2) is 6.94. The minimum atomic E-state index is -0.110. The lowest BCUT2D eigenvalue weighted by molar-refractivity contribution is -0.115. The van der Waals surface area contributed by atoms with Gasteiger partial charge in [0, 0.05) is 35.5 Å². The van der Waals surface area contributed by atoms with Crippen LogP contribution in [0, 0.1) is 11.3 Å². The number of hydrogen-bond acceptors (Lipinski definition) is 4. The molecule has 0 aliphatic heterocycles. The number of rotatable bonds is 5. The molecule has 0 fully saturated rings. The Morgan fingerprint density at radius 2 is 2.21 bits per heavy atom. The van der Waals surface area contributed by atoms with Crippen molar-refractivity contribution in [3.63, 3.8) is 0 Å². The SMILES string of the molecule is N#CCc1c[nH]c2ccc(NC(=O)Cc3ccnc(CN)c3)cc12. The molecule has 1 amide bonds. The van der Waals surface area contributed by atoms with Crippen LogP contribution in [-0.4, -0.2) is 15.9 Å². The average Bonchev–Trinajstić information content (AvgIpc) is 2.98. The molecular formula is C18H17N5O. The smallest absolute Gasteiger partial charge is 0.228 e. The summed E-state index contributed by atoms with van der Waals surface area (Å²) in [5, 5.41) is 12.7. The number of aromatic nitrogens is 2. The van der Waals surface area contributed by atoms with Crippen LogP contribution in [0.4, 0.5) is 5.69 Å². The van der Waals surface area contributed by atoms with Gasteiger partial charge in [0.15, 0.2) is 0 Å². The van der Waals surface area contributed by atoms with Crippen LogP contribution < -0.4 is 11.1 Å². The number of carbonyl (C=O) groups excluding carboxylic acids is 1. The van der Waals surface area contributed by atoms with Crippen molar-refractivity contribution in [1.29, 1.82) is 5.26 Å². The third-order valence-electron chi connectivity index (χ3n) is 3.78. The summed E-state index contributed by atoms with van der Waals surface area (Å²) in [5.74, 6) is -0.110. The Bertz CT molecular complexity index is 923. The molecule has 0 radical (unpaired) electrons. The Balaban J connectivity index is 1.75. The first-order chi connectivity index (χ1) is 11.7. The van der Waals surface area contributed by atoms with Crippen LogP contribution in [0.2, 0.25) is 0 Å². The quantitative estimate of drug-likeness (QED) is 0.670. The highest BCUT2D eigenvalue weighted by atomic mass is 16.1. The Hall–Kier alpha value is -3.17.